The summed E-state index contributed by atoms with van der Waals surface area (Å²) in [5, 5.41) is 3.10. The van der Waals surface area contributed by atoms with Crippen molar-refractivity contribution in [1.82, 2.24) is 9.88 Å². The summed E-state index contributed by atoms with van der Waals surface area (Å²) in [6, 6.07) is 3.58. The summed E-state index contributed by atoms with van der Waals surface area (Å²) in [5.41, 5.74) is 6.17. The fraction of sp³-hybridized carbons (Fsp3) is 0.500. The summed E-state index contributed by atoms with van der Waals surface area (Å²) in [7, 11) is 0. The topological polar surface area (TPSA) is 80.5 Å². The van der Waals surface area contributed by atoms with Crippen LogP contribution in [-0.4, -0.2) is 48.6 Å². The van der Waals surface area contributed by atoms with Crippen LogP contribution in [0.15, 0.2) is 18.3 Å². The highest BCUT2D eigenvalue weighted by atomic mass is 16.5. The molecule has 0 radical (unpaired) electrons. The van der Waals surface area contributed by atoms with Crippen molar-refractivity contribution in [3.05, 3.63) is 18.3 Å². The number of nitrogens with one attached hydrogen (secondary N) is 1. The molecule has 0 atom stereocenters. The Bertz CT molecular complexity index is 388. The first kappa shape index (κ1) is 12.6. The quantitative estimate of drug-likeness (QED) is 0.804. The van der Waals surface area contributed by atoms with E-state index >= 15 is 0 Å². The van der Waals surface area contributed by atoms with E-state index in [1.807, 2.05) is 4.90 Å². The van der Waals surface area contributed by atoms with Gasteiger partial charge in [0.25, 0.3) is 0 Å². The predicted octanol–water partition coefficient (Wildman–Crippen LogP) is 0.325. The number of amides is 1. The number of anilines is 2. The molecular weight excluding hydrogens is 232 g/mol. The molecule has 6 nitrogen and oxygen atoms in total. The third kappa shape index (κ3) is 3.59. The number of carbonyl (C=O) groups excluding carboxylic acids is 1. The van der Waals surface area contributed by atoms with Crippen molar-refractivity contribution >= 4 is 17.4 Å². The molecule has 0 aliphatic carbocycles. The molecule has 3 N–H and O–H groups in total. The number of pyridine rings is 1. The van der Waals surface area contributed by atoms with Crippen molar-refractivity contribution in [2.24, 2.45) is 0 Å². The van der Waals surface area contributed by atoms with Crippen LogP contribution < -0.4 is 11.1 Å². The molecule has 0 unspecified atom stereocenters. The molecule has 6 heteroatoms. The number of carbonyl (C=O) groups is 1. The Morgan fingerprint density at radius 2 is 2.22 bits per heavy atom. The zero-order valence-electron chi connectivity index (χ0n) is 10.3. The van der Waals surface area contributed by atoms with E-state index in [1.54, 1.807) is 18.3 Å². The largest absolute Gasteiger partial charge is 0.397 e. The van der Waals surface area contributed by atoms with Crippen molar-refractivity contribution in [1.29, 1.82) is 0 Å². The Balaban J connectivity index is 1.71. The Hall–Kier alpha value is -1.82. The van der Waals surface area contributed by atoms with E-state index in [0.29, 0.717) is 45.0 Å². The molecule has 1 saturated heterocycles. The predicted molar refractivity (Wildman–Crippen MR) is 69.2 cm³/mol. The maximum atomic E-state index is 11.8. The Labute approximate surface area is 106 Å². The second-order valence-electron chi connectivity index (χ2n) is 4.15. The summed E-state index contributed by atoms with van der Waals surface area (Å²) in [6.45, 7) is 3.24. The number of hydrogen-bond donors (Lipinski definition) is 2. The van der Waals surface area contributed by atoms with E-state index < -0.39 is 0 Å². The first-order valence-electron chi connectivity index (χ1n) is 6.06. The van der Waals surface area contributed by atoms with E-state index in [2.05, 4.69) is 10.3 Å². The van der Waals surface area contributed by atoms with Crippen LogP contribution in [0.3, 0.4) is 0 Å². The van der Waals surface area contributed by atoms with E-state index in [9.17, 15) is 4.79 Å². The summed E-state index contributed by atoms with van der Waals surface area (Å²) in [6.07, 6.45) is 2.05. The van der Waals surface area contributed by atoms with Gasteiger partial charge in [0.05, 0.1) is 25.1 Å². The van der Waals surface area contributed by atoms with Crippen LogP contribution in [0.5, 0.6) is 0 Å². The van der Waals surface area contributed by atoms with E-state index in [4.69, 9.17) is 10.5 Å². The molecule has 1 amide bonds. The van der Waals surface area contributed by atoms with Crippen molar-refractivity contribution in [3.63, 3.8) is 0 Å². The Kier molecular flexibility index (Phi) is 4.35. The molecule has 18 heavy (non-hydrogen) atoms. The summed E-state index contributed by atoms with van der Waals surface area (Å²) in [4.78, 5) is 17.8. The van der Waals surface area contributed by atoms with E-state index in [-0.39, 0.29) is 5.91 Å². The van der Waals surface area contributed by atoms with Crippen molar-refractivity contribution in [3.8, 4) is 0 Å². The van der Waals surface area contributed by atoms with Crippen LogP contribution in [0.4, 0.5) is 11.5 Å². The van der Waals surface area contributed by atoms with Crippen molar-refractivity contribution < 1.29 is 9.53 Å². The minimum absolute atomic E-state index is 0.154. The molecule has 0 saturated carbocycles. The molecule has 1 fully saturated rings. The number of ether oxygens (including phenoxy) is 1. The molecular formula is C12H18N4O2. The molecule has 1 aliphatic heterocycles. The number of nitrogens with two attached hydrogens (primary N) is 1. The summed E-state index contributed by atoms with van der Waals surface area (Å²) < 4.78 is 5.20. The van der Waals surface area contributed by atoms with Crippen LogP contribution in [0.25, 0.3) is 0 Å². The van der Waals surface area contributed by atoms with Gasteiger partial charge in [0.15, 0.2) is 0 Å². The molecule has 1 aliphatic rings. The molecule has 0 aromatic carbocycles. The maximum Gasteiger partial charge on any atom is 0.224 e. The van der Waals surface area contributed by atoms with Crippen LogP contribution >= 0.6 is 0 Å². The lowest BCUT2D eigenvalue weighted by atomic mass is 10.3. The number of nitrogen functional groups attached to an aromatic ring is 1. The average molecular weight is 250 g/mol. The number of morpholine rings is 1. The zero-order chi connectivity index (χ0) is 12.8. The second kappa shape index (κ2) is 6.20. The normalized spacial score (nSPS) is 15.4. The third-order valence-electron chi connectivity index (χ3n) is 2.80. The zero-order valence-corrected chi connectivity index (χ0v) is 10.3. The Morgan fingerprint density at radius 3 is 2.89 bits per heavy atom. The smallest absolute Gasteiger partial charge is 0.224 e. The molecule has 2 heterocycles. The van der Waals surface area contributed by atoms with E-state index in [1.165, 1.54) is 0 Å². The molecule has 0 bridgehead atoms. The number of aromatic nitrogens is 1. The van der Waals surface area contributed by atoms with Gasteiger partial charge in [-0.2, -0.15) is 0 Å². The first-order chi connectivity index (χ1) is 8.75. The first-order valence-corrected chi connectivity index (χ1v) is 6.06. The van der Waals surface area contributed by atoms with Gasteiger partial charge in [-0.1, -0.05) is 0 Å². The van der Waals surface area contributed by atoms with Gasteiger partial charge in [-0.25, -0.2) is 4.98 Å². The van der Waals surface area contributed by atoms with E-state index in [0.717, 1.165) is 5.82 Å². The van der Waals surface area contributed by atoms with Gasteiger partial charge in [-0.05, 0) is 12.1 Å². The third-order valence-corrected chi connectivity index (χ3v) is 2.80. The minimum atomic E-state index is 0.154. The lowest BCUT2D eigenvalue weighted by Crippen LogP contribution is -2.41. The Morgan fingerprint density at radius 1 is 1.44 bits per heavy atom. The number of rotatable bonds is 4. The van der Waals surface area contributed by atoms with Crippen LogP contribution in [-0.2, 0) is 9.53 Å². The van der Waals surface area contributed by atoms with Crippen LogP contribution in [0.1, 0.15) is 6.42 Å². The monoisotopic (exact) mass is 250 g/mol. The van der Waals surface area contributed by atoms with Crippen LogP contribution in [0.2, 0.25) is 0 Å². The van der Waals surface area contributed by atoms with Gasteiger partial charge >= 0.3 is 0 Å². The molecule has 2 rings (SSSR count). The molecule has 1 aromatic heterocycles. The molecule has 98 valence electrons. The highest BCUT2D eigenvalue weighted by Crippen LogP contribution is 2.06. The van der Waals surface area contributed by atoms with Crippen molar-refractivity contribution in [2.75, 3.05) is 43.9 Å². The highest BCUT2D eigenvalue weighted by Gasteiger charge is 2.15. The maximum absolute atomic E-state index is 11.8. The van der Waals surface area contributed by atoms with Gasteiger partial charge in [-0.3, -0.25) is 4.79 Å². The van der Waals surface area contributed by atoms with Gasteiger partial charge < -0.3 is 20.7 Å². The molecule has 0 spiro atoms. The fourth-order valence-electron chi connectivity index (χ4n) is 1.78. The lowest BCUT2D eigenvalue weighted by molar-refractivity contribution is -0.134. The number of nitrogens with zero attached hydrogens (tertiary/aromatic N) is 2. The standard InChI is InChI=1S/C12H18N4O2/c13-10-1-2-11(15-9-10)14-4-3-12(17)16-5-7-18-8-6-16/h1-2,9H,3-8,13H2,(H,14,15). The SMILES string of the molecule is Nc1ccc(NCCC(=O)N2CCOCC2)nc1. The summed E-state index contributed by atoms with van der Waals surface area (Å²) in [5.74, 6) is 0.889. The lowest BCUT2D eigenvalue weighted by Gasteiger charge is -2.26. The highest BCUT2D eigenvalue weighted by molar-refractivity contribution is 5.76. The minimum Gasteiger partial charge on any atom is -0.397 e. The molecule has 1 aromatic rings. The fourth-order valence-corrected chi connectivity index (χ4v) is 1.78. The second-order valence-corrected chi connectivity index (χ2v) is 4.15. The van der Waals surface area contributed by atoms with Gasteiger partial charge in [0.1, 0.15) is 5.82 Å². The van der Waals surface area contributed by atoms with Gasteiger partial charge in [0.2, 0.25) is 5.91 Å². The average Bonchev–Trinajstić information content (AvgIpc) is 2.42. The summed E-state index contributed by atoms with van der Waals surface area (Å²) >= 11 is 0. The van der Waals surface area contributed by atoms with Gasteiger partial charge in [-0.15, -0.1) is 0 Å². The van der Waals surface area contributed by atoms with Crippen LogP contribution in [0, 0.1) is 0 Å². The van der Waals surface area contributed by atoms with Crippen molar-refractivity contribution in [2.45, 2.75) is 6.42 Å². The number of hydrogen-bond acceptors (Lipinski definition) is 5. The van der Waals surface area contributed by atoms with Gasteiger partial charge in [0, 0.05) is 26.1 Å².